The molecule has 0 aromatic rings. The Labute approximate surface area is 146 Å². The zero-order chi connectivity index (χ0) is 16.6. The minimum absolute atomic E-state index is 0.946. The molecule has 3 rings (SSSR count). The van der Waals surface area contributed by atoms with Crippen LogP contribution in [0.1, 0.15) is 92.4 Å². The molecule has 0 aromatic heterocycles. The van der Waals surface area contributed by atoms with Crippen molar-refractivity contribution in [1.82, 2.24) is 0 Å². The molecule has 0 spiro atoms. The highest BCUT2D eigenvalue weighted by atomic mass is 14.5. The molecule has 0 bridgehead atoms. The standard InChI is InChI=1S/C23H42/c1-15-6-8-20(9-7-15)21-10-11-23(18(4)14-21)22-12-16(2)19(5)17(3)13-22/h15-23H,6-14H2,1-5H3. The minimum Gasteiger partial charge on any atom is -0.0625 e. The molecule has 0 nitrogen and oxygen atoms in total. The van der Waals surface area contributed by atoms with Gasteiger partial charge >= 0.3 is 0 Å². The van der Waals surface area contributed by atoms with Crippen LogP contribution >= 0.6 is 0 Å². The molecule has 23 heavy (non-hydrogen) atoms. The molecule has 3 fully saturated rings. The summed E-state index contributed by atoms with van der Waals surface area (Å²) in [4.78, 5) is 0. The Kier molecular flexibility index (Phi) is 5.80. The molecule has 134 valence electrons. The lowest BCUT2D eigenvalue weighted by molar-refractivity contribution is 0.0338. The minimum atomic E-state index is 0.946. The van der Waals surface area contributed by atoms with Crippen molar-refractivity contribution in [2.45, 2.75) is 92.4 Å². The first-order valence-corrected chi connectivity index (χ1v) is 11.0. The van der Waals surface area contributed by atoms with Crippen LogP contribution in [0, 0.1) is 53.3 Å². The average molecular weight is 319 g/mol. The van der Waals surface area contributed by atoms with Gasteiger partial charge in [0.1, 0.15) is 0 Å². The third kappa shape index (κ3) is 3.98. The fraction of sp³-hybridized carbons (Fsp3) is 1.00. The van der Waals surface area contributed by atoms with Gasteiger partial charge in [-0.1, -0.05) is 47.5 Å². The zero-order valence-electron chi connectivity index (χ0n) is 16.6. The fourth-order valence-corrected chi connectivity index (χ4v) is 6.74. The van der Waals surface area contributed by atoms with Gasteiger partial charge in [-0.05, 0) is 98.2 Å². The second-order valence-corrected chi connectivity index (χ2v) is 10.3. The van der Waals surface area contributed by atoms with Gasteiger partial charge in [-0.2, -0.15) is 0 Å². The van der Waals surface area contributed by atoms with Crippen LogP contribution in [0.3, 0.4) is 0 Å². The Hall–Kier alpha value is 0. The topological polar surface area (TPSA) is 0 Å². The van der Waals surface area contributed by atoms with Gasteiger partial charge in [0.2, 0.25) is 0 Å². The lowest BCUT2D eigenvalue weighted by Gasteiger charge is -2.47. The Bertz CT molecular complexity index is 352. The average Bonchev–Trinajstić information content (AvgIpc) is 2.53. The summed E-state index contributed by atoms with van der Waals surface area (Å²) in [5.74, 6) is 9.09. The van der Waals surface area contributed by atoms with E-state index in [2.05, 4.69) is 34.6 Å². The van der Waals surface area contributed by atoms with Crippen molar-refractivity contribution in [1.29, 1.82) is 0 Å². The zero-order valence-corrected chi connectivity index (χ0v) is 16.6. The van der Waals surface area contributed by atoms with Crippen molar-refractivity contribution in [3.8, 4) is 0 Å². The molecular formula is C23H42. The quantitative estimate of drug-likeness (QED) is 0.505. The van der Waals surface area contributed by atoms with Crippen LogP contribution in [-0.2, 0) is 0 Å². The van der Waals surface area contributed by atoms with Crippen molar-refractivity contribution in [3.63, 3.8) is 0 Å². The molecule has 3 aliphatic rings. The number of rotatable bonds is 2. The molecule has 3 saturated carbocycles. The van der Waals surface area contributed by atoms with Gasteiger partial charge in [0, 0.05) is 0 Å². The van der Waals surface area contributed by atoms with Gasteiger partial charge in [0.25, 0.3) is 0 Å². The van der Waals surface area contributed by atoms with Crippen LogP contribution < -0.4 is 0 Å². The van der Waals surface area contributed by atoms with Gasteiger partial charge in [0.15, 0.2) is 0 Å². The van der Waals surface area contributed by atoms with E-state index in [0.29, 0.717) is 0 Å². The molecule has 0 amide bonds. The van der Waals surface area contributed by atoms with Gasteiger partial charge < -0.3 is 0 Å². The molecule has 0 aromatic carbocycles. The summed E-state index contributed by atoms with van der Waals surface area (Å²) in [6.07, 6.45) is 13.8. The molecule has 5 unspecified atom stereocenters. The smallest absolute Gasteiger partial charge is 0.0360 e. The first-order chi connectivity index (χ1) is 11.0. The molecule has 3 aliphatic carbocycles. The normalized spacial score (nSPS) is 52.3. The Morgan fingerprint density at radius 2 is 1.00 bits per heavy atom. The summed E-state index contributed by atoms with van der Waals surface area (Å²) in [7, 11) is 0. The van der Waals surface area contributed by atoms with Gasteiger partial charge in [-0.15, -0.1) is 0 Å². The van der Waals surface area contributed by atoms with Crippen molar-refractivity contribution in [2.75, 3.05) is 0 Å². The van der Waals surface area contributed by atoms with Crippen LogP contribution in [0.15, 0.2) is 0 Å². The van der Waals surface area contributed by atoms with E-state index in [1.165, 1.54) is 38.5 Å². The molecule has 0 heterocycles. The van der Waals surface area contributed by atoms with E-state index in [4.69, 9.17) is 0 Å². The molecule has 0 aliphatic heterocycles. The number of hydrogen-bond donors (Lipinski definition) is 0. The second kappa shape index (κ2) is 7.49. The predicted octanol–water partition coefficient (Wildman–Crippen LogP) is 7.18. The first-order valence-electron chi connectivity index (χ1n) is 11.0. The van der Waals surface area contributed by atoms with Crippen molar-refractivity contribution >= 4 is 0 Å². The second-order valence-electron chi connectivity index (χ2n) is 10.3. The highest BCUT2D eigenvalue weighted by Gasteiger charge is 2.40. The lowest BCUT2D eigenvalue weighted by Crippen LogP contribution is -2.37. The van der Waals surface area contributed by atoms with Crippen LogP contribution in [-0.4, -0.2) is 0 Å². The molecule has 5 atom stereocenters. The summed E-state index contributed by atoms with van der Waals surface area (Å²) in [6.45, 7) is 12.6. The van der Waals surface area contributed by atoms with E-state index in [0.717, 1.165) is 53.3 Å². The van der Waals surface area contributed by atoms with Crippen molar-refractivity contribution in [2.24, 2.45) is 53.3 Å². The van der Waals surface area contributed by atoms with Crippen molar-refractivity contribution in [3.05, 3.63) is 0 Å². The van der Waals surface area contributed by atoms with Crippen molar-refractivity contribution < 1.29 is 0 Å². The summed E-state index contributed by atoms with van der Waals surface area (Å²) in [5, 5.41) is 0. The Morgan fingerprint density at radius 1 is 0.478 bits per heavy atom. The molecule has 0 heteroatoms. The van der Waals surface area contributed by atoms with Crippen LogP contribution in [0.2, 0.25) is 0 Å². The van der Waals surface area contributed by atoms with E-state index in [9.17, 15) is 0 Å². The summed E-state index contributed by atoms with van der Waals surface area (Å²) < 4.78 is 0. The third-order valence-electron chi connectivity index (χ3n) is 8.75. The Morgan fingerprint density at radius 3 is 1.57 bits per heavy atom. The maximum atomic E-state index is 2.61. The maximum Gasteiger partial charge on any atom is -0.0360 e. The predicted molar refractivity (Wildman–Crippen MR) is 101 cm³/mol. The van der Waals surface area contributed by atoms with E-state index in [1.54, 1.807) is 19.3 Å². The van der Waals surface area contributed by atoms with Crippen LogP contribution in [0.25, 0.3) is 0 Å². The van der Waals surface area contributed by atoms with E-state index in [-0.39, 0.29) is 0 Å². The van der Waals surface area contributed by atoms with E-state index in [1.807, 2.05) is 0 Å². The van der Waals surface area contributed by atoms with Crippen LogP contribution in [0.4, 0.5) is 0 Å². The van der Waals surface area contributed by atoms with Gasteiger partial charge in [0.05, 0.1) is 0 Å². The Balaban J connectivity index is 1.54. The number of hydrogen-bond acceptors (Lipinski definition) is 0. The summed E-state index contributed by atoms with van der Waals surface area (Å²) in [5.41, 5.74) is 0. The molecule has 0 saturated heterocycles. The fourth-order valence-electron chi connectivity index (χ4n) is 6.74. The molecular weight excluding hydrogens is 276 g/mol. The maximum absolute atomic E-state index is 2.61. The largest absolute Gasteiger partial charge is 0.0625 e. The molecule has 0 N–H and O–H groups in total. The summed E-state index contributed by atoms with van der Waals surface area (Å²) in [6, 6.07) is 0. The van der Waals surface area contributed by atoms with E-state index >= 15 is 0 Å². The highest BCUT2D eigenvalue weighted by molar-refractivity contribution is 4.90. The van der Waals surface area contributed by atoms with Gasteiger partial charge in [-0.25, -0.2) is 0 Å². The van der Waals surface area contributed by atoms with Crippen LogP contribution in [0.5, 0.6) is 0 Å². The third-order valence-corrected chi connectivity index (χ3v) is 8.75. The molecule has 0 radical (unpaired) electrons. The monoisotopic (exact) mass is 318 g/mol. The lowest BCUT2D eigenvalue weighted by atomic mass is 9.59. The summed E-state index contributed by atoms with van der Waals surface area (Å²) >= 11 is 0. The highest BCUT2D eigenvalue weighted by Crippen LogP contribution is 2.50. The van der Waals surface area contributed by atoms with E-state index < -0.39 is 0 Å². The first kappa shape index (κ1) is 17.8. The van der Waals surface area contributed by atoms with Gasteiger partial charge in [-0.3, -0.25) is 0 Å². The SMILES string of the molecule is CC1CCC(C2CCC(C3CC(C)C(C)C(C)C3)C(C)C2)CC1.